The molecule has 1 saturated carbocycles. The summed E-state index contributed by atoms with van der Waals surface area (Å²) < 4.78 is 0. The number of hydrogen-bond donors (Lipinski definition) is 4. The number of urea groups is 1. The number of aromatic amines is 1. The molecule has 8 heteroatoms. The number of halogens is 1. The molecule has 2 heterocycles. The average Bonchev–Trinajstić information content (AvgIpc) is 3.08. The number of benzene rings is 1. The zero-order chi connectivity index (χ0) is 19.0. The third kappa shape index (κ3) is 3.56. The summed E-state index contributed by atoms with van der Waals surface area (Å²) in [4.78, 5) is 14.5. The first-order chi connectivity index (χ1) is 13.0. The van der Waals surface area contributed by atoms with Crippen LogP contribution in [0, 0.1) is 0 Å². The lowest BCUT2D eigenvalue weighted by molar-refractivity contribution is 0.184. The van der Waals surface area contributed by atoms with Crippen molar-refractivity contribution in [3.05, 3.63) is 28.4 Å². The van der Waals surface area contributed by atoms with E-state index in [9.17, 15) is 15.0 Å². The number of nitrogens with zero attached hydrogens (tertiary/aromatic N) is 2. The van der Waals surface area contributed by atoms with Crippen LogP contribution in [0.15, 0.2) is 12.1 Å². The molecule has 1 aromatic heterocycles. The molecule has 4 rings (SSSR count). The van der Waals surface area contributed by atoms with Gasteiger partial charge in [-0.3, -0.25) is 5.10 Å². The number of carbonyl (C=O) groups is 1. The highest BCUT2D eigenvalue weighted by molar-refractivity contribution is 6.32. The fraction of sp³-hybridized carbons (Fsp3) is 0.474. The van der Waals surface area contributed by atoms with Crippen LogP contribution in [-0.2, 0) is 13.0 Å². The number of phenols is 2. The molecule has 0 spiro atoms. The second-order valence-electron chi connectivity index (χ2n) is 7.31. The van der Waals surface area contributed by atoms with E-state index in [1.165, 1.54) is 31.4 Å². The first-order valence-electron chi connectivity index (χ1n) is 9.36. The summed E-state index contributed by atoms with van der Waals surface area (Å²) >= 11 is 6.00. The minimum atomic E-state index is -0.184. The fourth-order valence-electron chi connectivity index (χ4n) is 3.94. The number of aromatic nitrogens is 2. The molecular formula is C19H23ClN4O3. The molecule has 0 unspecified atom stereocenters. The topological polar surface area (TPSA) is 101 Å². The van der Waals surface area contributed by atoms with Gasteiger partial charge in [0.2, 0.25) is 0 Å². The SMILES string of the molecule is O=C(NC1CCCCC1)N1CCc2[nH]nc(-c3cc(Cl)c(O)cc3O)c2C1. The molecule has 144 valence electrons. The van der Waals surface area contributed by atoms with Crippen molar-refractivity contribution in [3.8, 4) is 22.8 Å². The largest absolute Gasteiger partial charge is 0.507 e. The summed E-state index contributed by atoms with van der Waals surface area (Å²) in [5.74, 6) is -0.286. The van der Waals surface area contributed by atoms with Crippen molar-refractivity contribution in [2.24, 2.45) is 0 Å². The van der Waals surface area contributed by atoms with Crippen LogP contribution in [0.2, 0.25) is 5.02 Å². The first kappa shape index (κ1) is 18.0. The maximum absolute atomic E-state index is 12.7. The van der Waals surface area contributed by atoms with Crippen molar-refractivity contribution >= 4 is 17.6 Å². The van der Waals surface area contributed by atoms with Crippen molar-refractivity contribution < 1.29 is 15.0 Å². The molecule has 27 heavy (non-hydrogen) atoms. The summed E-state index contributed by atoms with van der Waals surface area (Å²) in [6.45, 7) is 1.03. The number of carbonyl (C=O) groups excluding carboxylic acids is 1. The predicted molar refractivity (Wildman–Crippen MR) is 102 cm³/mol. The van der Waals surface area contributed by atoms with Gasteiger partial charge in [-0.25, -0.2) is 4.79 Å². The van der Waals surface area contributed by atoms with Gasteiger partial charge in [-0.1, -0.05) is 30.9 Å². The van der Waals surface area contributed by atoms with Crippen molar-refractivity contribution in [1.29, 1.82) is 0 Å². The Morgan fingerprint density at radius 2 is 2.00 bits per heavy atom. The Hall–Kier alpha value is -2.41. The molecule has 0 saturated heterocycles. The monoisotopic (exact) mass is 390 g/mol. The van der Waals surface area contributed by atoms with Gasteiger partial charge in [-0.2, -0.15) is 5.10 Å². The lowest BCUT2D eigenvalue weighted by Gasteiger charge is -2.30. The third-order valence-electron chi connectivity index (χ3n) is 5.47. The first-order valence-corrected chi connectivity index (χ1v) is 9.74. The zero-order valence-corrected chi connectivity index (χ0v) is 15.7. The predicted octanol–water partition coefficient (Wildman–Crippen LogP) is 3.54. The number of hydrogen-bond acceptors (Lipinski definition) is 4. The van der Waals surface area contributed by atoms with E-state index in [1.54, 1.807) is 4.90 Å². The Bertz CT molecular complexity index is 861. The molecule has 4 N–H and O–H groups in total. The highest BCUT2D eigenvalue weighted by Crippen LogP contribution is 2.39. The Morgan fingerprint density at radius 1 is 1.22 bits per heavy atom. The lowest BCUT2D eigenvalue weighted by Crippen LogP contribution is -2.47. The third-order valence-corrected chi connectivity index (χ3v) is 5.78. The van der Waals surface area contributed by atoms with E-state index in [-0.39, 0.29) is 28.6 Å². The van der Waals surface area contributed by atoms with Crippen LogP contribution in [0.1, 0.15) is 43.4 Å². The van der Waals surface area contributed by atoms with Gasteiger partial charge >= 0.3 is 6.03 Å². The highest BCUT2D eigenvalue weighted by atomic mass is 35.5. The zero-order valence-electron chi connectivity index (χ0n) is 15.0. The second kappa shape index (κ2) is 7.31. The molecule has 2 aromatic rings. The maximum atomic E-state index is 12.7. The number of aromatic hydroxyl groups is 2. The van der Waals surface area contributed by atoms with Crippen LogP contribution in [-0.4, -0.2) is 43.9 Å². The van der Waals surface area contributed by atoms with Crippen LogP contribution >= 0.6 is 11.6 Å². The second-order valence-corrected chi connectivity index (χ2v) is 7.71. The number of H-pyrrole nitrogens is 1. The van der Waals surface area contributed by atoms with E-state index >= 15 is 0 Å². The minimum Gasteiger partial charge on any atom is -0.507 e. The molecule has 1 fully saturated rings. The summed E-state index contributed by atoms with van der Waals surface area (Å²) in [7, 11) is 0. The molecule has 2 aliphatic rings. The summed E-state index contributed by atoms with van der Waals surface area (Å²) in [6, 6.07) is 2.91. The quantitative estimate of drug-likeness (QED) is 0.629. The molecule has 1 aliphatic heterocycles. The summed E-state index contributed by atoms with van der Waals surface area (Å²) in [6.07, 6.45) is 6.34. The van der Waals surface area contributed by atoms with E-state index in [4.69, 9.17) is 11.6 Å². The standard InChI is InChI=1S/C19H23ClN4O3/c20-14-8-12(16(25)9-17(14)26)18-13-10-24(7-6-15(13)22-23-18)19(27)21-11-4-2-1-3-5-11/h8-9,11,25-26H,1-7,10H2,(H,21,27)(H,22,23). The lowest BCUT2D eigenvalue weighted by atomic mass is 9.95. The van der Waals surface area contributed by atoms with Gasteiger partial charge in [0, 0.05) is 41.9 Å². The van der Waals surface area contributed by atoms with E-state index in [2.05, 4.69) is 15.5 Å². The maximum Gasteiger partial charge on any atom is 0.317 e. The molecule has 1 aliphatic carbocycles. The number of fused-ring (bicyclic) bond motifs is 1. The number of phenolic OH excluding ortho intramolecular Hbond substituents is 2. The normalized spacial score (nSPS) is 17.6. The van der Waals surface area contributed by atoms with Crippen LogP contribution in [0.4, 0.5) is 4.79 Å². The van der Waals surface area contributed by atoms with Crippen molar-refractivity contribution in [2.45, 2.75) is 51.1 Å². The van der Waals surface area contributed by atoms with Crippen LogP contribution in [0.3, 0.4) is 0 Å². The Kier molecular flexibility index (Phi) is 4.86. The fourth-order valence-corrected chi connectivity index (χ4v) is 4.11. The van der Waals surface area contributed by atoms with E-state index < -0.39 is 0 Å². The van der Waals surface area contributed by atoms with Gasteiger partial charge in [-0.05, 0) is 18.9 Å². The molecule has 7 nitrogen and oxygen atoms in total. The number of nitrogens with one attached hydrogen (secondary N) is 2. The molecule has 2 amide bonds. The van der Waals surface area contributed by atoms with Crippen molar-refractivity contribution in [2.75, 3.05) is 6.54 Å². The molecule has 0 atom stereocenters. The van der Waals surface area contributed by atoms with Crippen LogP contribution < -0.4 is 5.32 Å². The Labute approximate surface area is 162 Å². The van der Waals surface area contributed by atoms with Gasteiger partial charge in [-0.15, -0.1) is 0 Å². The molecule has 1 aromatic carbocycles. The molecule has 0 radical (unpaired) electrons. The van der Waals surface area contributed by atoms with Crippen molar-refractivity contribution in [1.82, 2.24) is 20.4 Å². The highest BCUT2D eigenvalue weighted by Gasteiger charge is 2.28. The van der Waals surface area contributed by atoms with Gasteiger partial charge in [0.05, 0.1) is 11.6 Å². The van der Waals surface area contributed by atoms with Gasteiger partial charge in [0.1, 0.15) is 17.2 Å². The molecular weight excluding hydrogens is 368 g/mol. The van der Waals surface area contributed by atoms with Gasteiger partial charge in [0.15, 0.2) is 0 Å². The van der Waals surface area contributed by atoms with Gasteiger partial charge in [0.25, 0.3) is 0 Å². The summed E-state index contributed by atoms with van der Waals surface area (Å²) in [5.41, 5.74) is 2.82. The van der Waals surface area contributed by atoms with Crippen LogP contribution in [0.25, 0.3) is 11.3 Å². The minimum absolute atomic E-state index is 0.0485. The van der Waals surface area contributed by atoms with E-state index in [0.717, 1.165) is 24.1 Å². The van der Waals surface area contributed by atoms with Crippen molar-refractivity contribution in [3.63, 3.8) is 0 Å². The molecule has 0 bridgehead atoms. The van der Waals surface area contributed by atoms with Gasteiger partial charge < -0.3 is 20.4 Å². The van der Waals surface area contributed by atoms with E-state index in [0.29, 0.717) is 30.8 Å². The number of rotatable bonds is 2. The van der Waals surface area contributed by atoms with Crippen LogP contribution in [0.5, 0.6) is 11.5 Å². The Balaban J connectivity index is 1.55. The summed E-state index contributed by atoms with van der Waals surface area (Å²) in [5, 5.41) is 30.5. The smallest absolute Gasteiger partial charge is 0.317 e. The average molecular weight is 391 g/mol. The number of amides is 2. The van der Waals surface area contributed by atoms with E-state index in [1.807, 2.05) is 0 Å². The Morgan fingerprint density at radius 3 is 2.78 bits per heavy atom.